The van der Waals surface area contributed by atoms with Crippen LogP contribution in [0.2, 0.25) is 0 Å². The summed E-state index contributed by atoms with van der Waals surface area (Å²) in [7, 11) is 0. The van der Waals surface area contributed by atoms with Crippen molar-refractivity contribution < 1.29 is 9.47 Å². The van der Waals surface area contributed by atoms with Gasteiger partial charge in [-0.15, -0.1) is 0 Å². The molecule has 0 amide bonds. The van der Waals surface area contributed by atoms with Crippen LogP contribution in [0, 0.1) is 0 Å². The highest BCUT2D eigenvalue weighted by Crippen LogP contribution is 2.01. The topological polar surface area (TPSA) is 53.4 Å². The zero-order chi connectivity index (χ0) is 12.0. The first-order valence-electron chi connectivity index (χ1n) is 5.12. The van der Waals surface area contributed by atoms with Crippen LogP contribution in [-0.2, 0) is 16.0 Å². The Bertz CT molecular complexity index is 375. The van der Waals surface area contributed by atoms with E-state index in [1.165, 1.54) is 17.1 Å². The highest BCUT2D eigenvalue weighted by Gasteiger charge is 2.10. The van der Waals surface area contributed by atoms with E-state index in [0.29, 0.717) is 24.2 Å². The Hall–Kier alpha value is -0.720. The highest BCUT2D eigenvalue weighted by atomic mass is 79.9. The molecule has 0 bridgehead atoms. The molecule has 0 fully saturated rings. The van der Waals surface area contributed by atoms with Gasteiger partial charge in [-0.1, -0.05) is 0 Å². The SMILES string of the molecule is CCOC(Cn1cncc(Br)c1=O)OCC. The number of aromatic nitrogens is 2. The van der Waals surface area contributed by atoms with E-state index in [-0.39, 0.29) is 5.56 Å². The van der Waals surface area contributed by atoms with Crippen LogP contribution in [0.5, 0.6) is 0 Å². The Kier molecular flexibility index (Phi) is 5.65. The maximum Gasteiger partial charge on any atom is 0.267 e. The van der Waals surface area contributed by atoms with Crippen molar-refractivity contribution in [2.75, 3.05) is 13.2 Å². The zero-order valence-corrected chi connectivity index (χ0v) is 10.9. The Morgan fingerprint density at radius 3 is 2.62 bits per heavy atom. The third-order valence-corrected chi connectivity index (χ3v) is 2.45. The summed E-state index contributed by atoms with van der Waals surface area (Å²) in [5.41, 5.74) is -0.139. The second-order valence-corrected chi connectivity index (χ2v) is 3.89. The molecule has 1 rings (SSSR count). The molecule has 0 saturated heterocycles. The predicted molar refractivity (Wildman–Crippen MR) is 63.2 cm³/mol. The quantitative estimate of drug-likeness (QED) is 0.744. The molecular formula is C10H15BrN2O3. The molecule has 0 aliphatic carbocycles. The van der Waals surface area contributed by atoms with Crippen LogP contribution in [0.1, 0.15) is 13.8 Å². The van der Waals surface area contributed by atoms with Gasteiger partial charge in [-0.3, -0.25) is 9.36 Å². The van der Waals surface area contributed by atoms with Gasteiger partial charge >= 0.3 is 0 Å². The number of nitrogens with zero attached hydrogens (tertiary/aromatic N) is 2. The van der Waals surface area contributed by atoms with Crippen molar-refractivity contribution >= 4 is 15.9 Å². The monoisotopic (exact) mass is 290 g/mol. The van der Waals surface area contributed by atoms with E-state index in [1.54, 1.807) is 0 Å². The predicted octanol–water partition coefficient (Wildman–Crippen LogP) is 1.40. The summed E-state index contributed by atoms with van der Waals surface area (Å²) in [4.78, 5) is 15.6. The minimum atomic E-state index is -0.413. The largest absolute Gasteiger partial charge is 0.351 e. The summed E-state index contributed by atoms with van der Waals surface area (Å²) in [6.07, 6.45) is 2.52. The summed E-state index contributed by atoms with van der Waals surface area (Å²) < 4.78 is 12.6. The molecule has 0 aliphatic heterocycles. The number of hydrogen-bond acceptors (Lipinski definition) is 4. The van der Waals surface area contributed by atoms with E-state index in [9.17, 15) is 4.79 Å². The normalized spacial score (nSPS) is 11.0. The van der Waals surface area contributed by atoms with Crippen LogP contribution in [-0.4, -0.2) is 29.1 Å². The van der Waals surface area contributed by atoms with Gasteiger partial charge < -0.3 is 9.47 Å². The van der Waals surface area contributed by atoms with Gasteiger partial charge in [0.1, 0.15) is 4.47 Å². The van der Waals surface area contributed by atoms with E-state index in [4.69, 9.17) is 9.47 Å². The maximum absolute atomic E-state index is 11.7. The molecule has 0 atom stereocenters. The molecule has 90 valence electrons. The fourth-order valence-electron chi connectivity index (χ4n) is 1.24. The Morgan fingerprint density at radius 1 is 1.44 bits per heavy atom. The van der Waals surface area contributed by atoms with Gasteiger partial charge in [0.2, 0.25) is 0 Å². The lowest BCUT2D eigenvalue weighted by molar-refractivity contribution is -0.144. The lowest BCUT2D eigenvalue weighted by Gasteiger charge is -2.17. The summed E-state index contributed by atoms with van der Waals surface area (Å²) in [6.45, 7) is 5.19. The van der Waals surface area contributed by atoms with Crippen LogP contribution >= 0.6 is 15.9 Å². The third-order valence-electron chi connectivity index (χ3n) is 1.91. The molecule has 0 spiro atoms. The fraction of sp³-hybridized carbons (Fsp3) is 0.600. The van der Waals surface area contributed by atoms with Gasteiger partial charge in [0.15, 0.2) is 6.29 Å². The molecular weight excluding hydrogens is 276 g/mol. The van der Waals surface area contributed by atoms with E-state index < -0.39 is 6.29 Å². The number of halogens is 1. The van der Waals surface area contributed by atoms with Crippen molar-refractivity contribution in [3.8, 4) is 0 Å². The molecule has 0 aliphatic rings. The first-order chi connectivity index (χ1) is 7.69. The molecule has 0 radical (unpaired) electrons. The first-order valence-corrected chi connectivity index (χ1v) is 5.91. The van der Waals surface area contributed by atoms with Gasteiger partial charge in [-0.05, 0) is 29.8 Å². The van der Waals surface area contributed by atoms with Gasteiger partial charge in [-0.2, -0.15) is 0 Å². The summed E-state index contributed by atoms with van der Waals surface area (Å²) in [5, 5.41) is 0. The lowest BCUT2D eigenvalue weighted by atomic mass is 10.5. The van der Waals surface area contributed by atoms with Crippen LogP contribution in [0.4, 0.5) is 0 Å². The van der Waals surface area contributed by atoms with Gasteiger partial charge in [0.25, 0.3) is 5.56 Å². The second-order valence-electron chi connectivity index (χ2n) is 3.04. The van der Waals surface area contributed by atoms with Crippen LogP contribution in [0.15, 0.2) is 21.8 Å². The highest BCUT2D eigenvalue weighted by molar-refractivity contribution is 9.10. The minimum absolute atomic E-state index is 0.139. The van der Waals surface area contributed by atoms with Crippen LogP contribution in [0.3, 0.4) is 0 Å². The van der Waals surface area contributed by atoms with Crippen molar-refractivity contribution in [3.63, 3.8) is 0 Å². The standard InChI is InChI=1S/C10H15BrN2O3/c1-3-15-9(16-4-2)6-13-7-12-5-8(11)10(13)14/h5,7,9H,3-4,6H2,1-2H3. The Balaban J connectivity index is 2.76. The van der Waals surface area contributed by atoms with Gasteiger partial charge in [0, 0.05) is 19.4 Å². The molecule has 1 aromatic rings. The van der Waals surface area contributed by atoms with Crippen LogP contribution < -0.4 is 5.56 Å². The number of hydrogen-bond donors (Lipinski definition) is 0. The summed E-state index contributed by atoms with van der Waals surface area (Å²) in [5.74, 6) is 0. The molecule has 0 unspecified atom stereocenters. The van der Waals surface area contributed by atoms with E-state index in [2.05, 4.69) is 20.9 Å². The number of ether oxygens (including phenoxy) is 2. The minimum Gasteiger partial charge on any atom is -0.351 e. The van der Waals surface area contributed by atoms with E-state index in [0.717, 1.165) is 0 Å². The summed E-state index contributed by atoms with van der Waals surface area (Å²) >= 11 is 3.14. The molecule has 1 heterocycles. The van der Waals surface area contributed by atoms with E-state index >= 15 is 0 Å². The zero-order valence-electron chi connectivity index (χ0n) is 9.35. The van der Waals surface area contributed by atoms with Gasteiger partial charge in [-0.25, -0.2) is 4.98 Å². The van der Waals surface area contributed by atoms with Crippen molar-refractivity contribution in [2.45, 2.75) is 26.7 Å². The van der Waals surface area contributed by atoms with E-state index in [1.807, 2.05) is 13.8 Å². The molecule has 1 aromatic heterocycles. The Labute approximate surface area is 103 Å². The molecule has 6 heteroatoms. The van der Waals surface area contributed by atoms with Crippen molar-refractivity contribution in [1.29, 1.82) is 0 Å². The van der Waals surface area contributed by atoms with Crippen molar-refractivity contribution in [1.82, 2.24) is 9.55 Å². The maximum atomic E-state index is 11.7. The van der Waals surface area contributed by atoms with Crippen LogP contribution in [0.25, 0.3) is 0 Å². The first kappa shape index (κ1) is 13.3. The van der Waals surface area contributed by atoms with Crippen molar-refractivity contribution in [3.05, 3.63) is 27.4 Å². The Morgan fingerprint density at radius 2 is 2.06 bits per heavy atom. The number of rotatable bonds is 6. The summed E-state index contributed by atoms with van der Waals surface area (Å²) in [6, 6.07) is 0. The second kappa shape index (κ2) is 6.78. The molecule has 0 aromatic carbocycles. The lowest BCUT2D eigenvalue weighted by Crippen LogP contribution is -2.30. The molecule has 16 heavy (non-hydrogen) atoms. The smallest absolute Gasteiger partial charge is 0.267 e. The fourth-order valence-corrected chi connectivity index (χ4v) is 1.59. The van der Waals surface area contributed by atoms with Gasteiger partial charge in [0.05, 0.1) is 12.9 Å². The molecule has 0 saturated carbocycles. The third kappa shape index (κ3) is 3.70. The average Bonchev–Trinajstić information content (AvgIpc) is 2.25. The molecule has 5 nitrogen and oxygen atoms in total. The van der Waals surface area contributed by atoms with Crippen molar-refractivity contribution in [2.24, 2.45) is 0 Å². The average molecular weight is 291 g/mol. The molecule has 0 N–H and O–H groups in total.